The molecule has 2 aromatic carbocycles. The molecule has 1 saturated heterocycles. The Morgan fingerprint density at radius 3 is 2.70 bits per heavy atom. The standard InChI is InChI=1S/C18H17N3O2/c22-17-12-15(13-6-2-1-3-7-13)21(11-10-19-17)18-20-14-8-4-5-9-16(14)23-18/h1-9,15H,10-12H2,(H,19,22). The molecule has 0 saturated carbocycles. The molecule has 1 N–H and O–H groups in total. The van der Waals surface area contributed by atoms with Gasteiger partial charge in [-0.15, -0.1) is 0 Å². The lowest BCUT2D eigenvalue weighted by molar-refractivity contribution is -0.121. The van der Waals surface area contributed by atoms with Crippen LogP contribution in [-0.2, 0) is 4.79 Å². The maximum absolute atomic E-state index is 12.0. The molecule has 0 radical (unpaired) electrons. The van der Waals surface area contributed by atoms with Crippen LogP contribution in [-0.4, -0.2) is 24.0 Å². The number of hydrogen-bond donors (Lipinski definition) is 1. The first-order valence-corrected chi connectivity index (χ1v) is 7.75. The number of fused-ring (bicyclic) bond motifs is 1. The fraction of sp³-hybridized carbons (Fsp3) is 0.222. The topological polar surface area (TPSA) is 58.4 Å². The summed E-state index contributed by atoms with van der Waals surface area (Å²) in [5, 5.41) is 2.93. The minimum absolute atomic E-state index is 0.0532. The number of aromatic nitrogens is 1. The van der Waals surface area contributed by atoms with Gasteiger partial charge >= 0.3 is 0 Å². The molecule has 1 aromatic heterocycles. The highest BCUT2D eigenvalue weighted by Crippen LogP contribution is 2.32. The number of para-hydroxylation sites is 2. The van der Waals surface area contributed by atoms with E-state index in [-0.39, 0.29) is 11.9 Å². The van der Waals surface area contributed by atoms with Gasteiger partial charge in [0.2, 0.25) is 5.91 Å². The Labute approximate surface area is 133 Å². The van der Waals surface area contributed by atoms with Gasteiger partial charge in [0, 0.05) is 13.1 Å². The van der Waals surface area contributed by atoms with Gasteiger partial charge in [0.25, 0.3) is 6.01 Å². The average molecular weight is 307 g/mol. The number of benzene rings is 2. The van der Waals surface area contributed by atoms with Gasteiger partial charge in [-0.3, -0.25) is 4.79 Å². The van der Waals surface area contributed by atoms with Crippen LogP contribution in [0.25, 0.3) is 11.1 Å². The highest BCUT2D eigenvalue weighted by atomic mass is 16.4. The van der Waals surface area contributed by atoms with Gasteiger partial charge in [0.1, 0.15) is 5.52 Å². The molecule has 1 unspecified atom stereocenters. The van der Waals surface area contributed by atoms with Crippen molar-refractivity contribution in [2.24, 2.45) is 0 Å². The third-order valence-electron chi connectivity index (χ3n) is 4.14. The molecule has 1 aliphatic heterocycles. The molecule has 4 rings (SSSR count). The first kappa shape index (κ1) is 13.8. The second-order valence-corrected chi connectivity index (χ2v) is 5.64. The van der Waals surface area contributed by atoms with Crippen LogP contribution in [0.5, 0.6) is 0 Å². The number of nitrogens with zero attached hydrogens (tertiary/aromatic N) is 2. The van der Waals surface area contributed by atoms with Crippen molar-refractivity contribution >= 4 is 23.0 Å². The summed E-state index contributed by atoms with van der Waals surface area (Å²) in [6.45, 7) is 1.25. The van der Waals surface area contributed by atoms with Crippen molar-refractivity contribution in [3.8, 4) is 0 Å². The van der Waals surface area contributed by atoms with E-state index in [4.69, 9.17) is 4.42 Å². The maximum Gasteiger partial charge on any atom is 0.298 e. The van der Waals surface area contributed by atoms with E-state index in [1.54, 1.807) is 0 Å². The third-order valence-corrected chi connectivity index (χ3v) is 4.14. The van der Waals surface area contributed by atoms with Gasteiger partial charge in [0.15, 0.2) is 5.58 Å². The number of carbonyl (C=O) groups excluding carboxylic acids is 1. The van der Waals surface area contributed by atoms with Crippen LogP contribution in [0.4, 0.5) is 6.01 Å². The molecular weight excluding hydrogens is 290 g/mol. The number of amides is 1. The lowest BCUT2D eigenvalue weighted by atomic mass is 10.0. The molecule has 5 heteroatoms. The highest BCUT2D eigenvalue weighted by molar-refractivity contribution is 5.78. The van der Waals surface area contributed by atoms with Gasteiger partial charge in [-0.25, -0.2) is 0 Å². The summed E-state index contributed by atoms with van der Waals surface area (Å²) in [6, 6.07) is 18.2. The predicted octanol–water partition coefficient (Wildman–Crippen LogP) is 2.90. The van der Waals surface area contributed by atoms with E-state index in [1.165, 1.54) is 0 Å². The molecule has 23 heavy (non-hydrogen) atoms. The van der Waals surface area contributed by atoms with Crippen molar-refractivity contribution in [3.63, 3.8) is 0 Å². The predicted molar refractivity (Wildman–Crippen MR) is 88.2 cm³/mol. The van der Waals surface area contributed by atoms with Gasteiger partial charge in [0.05, 0.1) is 12.5 Å². The molecule has 1 aliphatic rings. The largest absolute Gasteiger partial charge is 0.423 e. The summed E-state index contributed by atoms with van der Waals surface area (Å²) in [6.07, 6.45) is 0.392. The molecule has 1 fully saturated rings. The number of rotatable bonds is 2. The Morgan fingerprint density at radius 1 is 1.09 bits per heavy atom. The Bertz CT molecular complexity index is 795. The van der Waals surface area contributed by atoms with E-state index in [2.05, 4.69) is 15.2 Å². The van der Waals surface area contributed by atoms with Crippen LogP contribution in [0.3, 0.4) is 0 Å². The van der Waals surface area contributed by atoms with Crippen molar-refractivity contribution in [3.05, 3.63) is 60.2 Å². The SMILES string of the molecule is O=C1CC(c2ccccc2)N(c2nc3ccccc3o2)CCN1. The number of nitrogens with one attached hydrogen (secondary N) is 1. The fourth-order valence-corrected chi connectivity index (χ4v) is 3.01. The van der Waals surface area contributed by atoms with Crippen LogP contribution < -0.4 is 10.2 Å². The molecule has 3 aromatic rings. The van der Waals surface area contributed by atoms with Crippen LogP contribution in [0.2, 0.25) is 0 Å². The number of oxazole rings is 1. The Morgan fingerprint density at radius 2 is 1.87 bits per heavy atom. The second-order valence-electron chi connectivity index (χ2n) is 5.64. The zero-order valence-corrected chi connectivity index (χ0v) is 12.6. The quantitative estimate of drug-likeness (QED) is 0.791. The zero-order chi connectivity index (χ0) is 15.6. The van der Waals surface area contributed by atoms with E-state index >= 15 is 0 Å². The second kappa shape index (κ2) is 5.76. The van der Waals surface area contributed by atoms with Gasteiger partial charge < -0.3 is 14.6 Å². The molecule has 1 atom stereocenters. The summed E-state index contributed by atoms with van der Waals surface area (Å²) >= 11 is 0. The summed E-state index contributed by atoms with van der Waals surface area (Å²) < 4.78 is 5.93. The third kappa shape index (κ3) is 2.65. The summed E-state index contributed by atoms with van der Waals surface area (Å²) in [4.78, 5) is 18.7. The highest BCUT2D eigenvalue weighted by Gasteiger charge is 2.29. The maximum atomic E-state index is 12.0. The first-order chi connectivity index (χ1) is 11.3. The molecule has 0 spiro atoms. The molecule has 1 amide bonds. The minimum Gasteiger partial charge on any atom is -0.423 e. The van der Waals surface area contributed by atoms with Crippen molar-refractivity contribution in [1.29, 1.82) is 0 Å². The summed E-state index contributed by atoms with van der Waals surface area (Å²) in [5.74, 6) is 0.0532. The Hall–Kier alpha value is -2.82. The first-order valence-electron chi connectivity index (χ1n) is 7.75. The number of hydrogen-bond acceptors (Lipinski definition) is 4. The lowest BCUT2D eigenvalue weighted by Crippen LogP contribution is -2.31. The number of carbonyl (C=O) groups is 1. The smallest absolute Gasteiger partial charge is 0.298 e. The normalized spacial score (nSPS) is 18.7. The summed E-state index contributed by atoms with van der Waals surface area (Å²) in [7, 11) is 0. The van der Waals surface area contributed by atoms with E-state index < -0.39 is 0 Å². The zero-order valence-electron chi connectivity index (χ0n) is 12.6. The van der Waals surface area contributed by atoms with Gasteiger partial charge in [-0.05, 0) is 17.7 Å². The number of anilines is 1. The van der Waals surface area contributed by atoms with Crippen LogP contribution in [0.1, 0.15) is 18.0 Å². The molecule has 2 heterocycles. The van der Waals surface area contributed by atoms with E-state index in [1.807, 2.05) is 54.6 Å². The van der Waals surface area contributed by atoms with Crippen molar-refractivity contribution < 1.29 is 9.21 Å². The van der Waals surface area contributed by atoms with Crippen molar-refractivity contribution in [1.82, 2.24) is 10.3 Å². The van der Waals surface area contributed by atoms with Crippen molar-refractivity contribution in [2.45, 2.75) is 12.5 Å². The molecular formula is C18H17N3O2. The Kier molecular flexibility index (Phi) is 3.46. The Balaban J connectivity index is 1.77. The molecule has 5 nitrogen and oxygen atoms in total. The van der Waals surface area contributed by atoms with Crippen LogP contribution >= 0.6 is 0 Å². The molecule has 116 valence electrons. The molecule has 0 bridgehead atoms. The lowest BCUT2D eigenvalue weighted by Gasteiger charge is -2.27. The van der Waals surface area contributed by atoms with Gasteiger partial charge in [-0.2, -0.15) is 4.98 Å². The van der Waals surface area contributed by atoms with E-state index in [0.29, 0.717) is 25.5 Å². The summed E-state index contributed by atoms with van der Waals surface area (Å²) in [5.41, 5.74) is 2.68. The van der Waals surface area contributed by atoms with Crippen LogP contribution in [0, 0.1) is 0 Å². The average Bonchev–Trinajstić information content (AvgIpc) is 2.92. The fourth-order valence-electron chi connectivity index (χ4n) is 3.01. The van der Waals surface area contributed by atoms with E-state index in [9.17, 15) is 4.79 Å². The van der Waals surface area contributed by atoms with E-state index in [0.717, 1.165) is 16.7 Å². The van der Waals surface area contributed by atoms with Crippen LogP contribution in [0.15, 0.2) is 59.0 Å². The minimum atomic E-state index is -0.0771. The monoisotopic (exact) mass is 307 g/mol. The van der Waals surface area contributed by atoms with Gasteiger partial charge in [-0.1, -0.05) is 42.5 Å². The molecule has 0 aliphatic carbocycles. The van der Waals surface area contributed by atoms with Crippen molar-refractivity contribution in [2.75, 3.05) is 18.0 Å².